The summed E-state index contributed by atoms with van der Waals surface area (Å²) < 4.78 is 7.34. The SMILES string of the molecule is O=Cc1cccn1CC(=O)c1ccc(OCc2ccccc2)cc1. The molecule has 1 heterocycles. The van der Waals surface area contributed by atoms with Crippen LogP contribution in [-0.2, 0) is 13.2 Å². The fourth-order valence-corrected chi connectivity index (χ4v) is 2.40. The first-order valence-electron chi connectivity index (χ1n) is 7.66. The highest BCUT2D eigenvalue weighted by Gasteiger charge is 2.09. The minimum atomic E-state index is -0.0519. The van der Waals surface area contributed by atoms with E-state index in [1.807, 2.05) is 30.3 Å². The van der Waals surface area contributed by atoms with Gasteiger partial charge in [0.15, 0.2) is 12.1 Å². The Morgan fingerprint density at radius 2 is 1.71 bits per heavy atom. The van der Waals surface area contributed by atoms with Crippen molar-refractivity contribution in [2.45, 2.75) is 13.2 Å². The maximum Gasteiger partial charge on any atom is 0.182 e. The number of ketones is 1. The molecule has 0 saturated heterocycles. The van der Waals surface area contributed by atoms with E-state index < -0.39 is 0 Å². The van der Waals surface area contributed by atoms with Gasteiger partial charge in [-0.3, -0.25) is 9.59 Å². The topological polar surface area (TPSA) is 48.3 Å². The van der Waals surface area contributed by atoms with Gasteiger partial charge in [-0.2, -0.15) is 0 Å². The molecule has 120 valence electrons. The number of ether oxygens (including phenoxy) is 1. The summed E-state index contributed by atoms with van der Waals surface area (Å²) >= 11 is 0. The van der Waals surface area contributed by atoms with Crippen LogP contribution in [0.15, 0.2) is 72.9 Å². The Balaban J connectivity index is 1.61. The minimum Gasteiger partial charge on any atom is -0.489 e. The molecule has 0 atom stereocenters. The Kier molecular flexibility index (Phi) is 4.87. The normalized spacial score (nSPS) is 10.3. The third-order valence-electron chi connectivity index (χ3n) is 3.72. The third kappa shape index (κ3) is 3.79. The minimum absolute atomic E-state index is 0.0519. The van der Waals surface area contributed by atoms with Crippen molar-refractivity contribution in [2.75, 3.05) is 0 Å². The highest BCUT2D eigenvalue weighted by Crippen LogP contribution is 2.15. The van der Waals surface area contributed by atoms with Gasteiger partial charge in [0.25, 0.3) is 0 Å². The van der Waals surface area contributed by atoms with Crippen LogP contribution in [0.25, 0.3) is 0 Å². The van der Waals surface area contributed by atoms with Crippen LogP contribution in [0.4, 0.5) is 0 Å². The lowest BCUT2D eigenvalue weighted by molar-refractivity contribution is 0.0970. The average molecular weight is 319 g/mol. The largest absolute Gasteiger partial charge is 0.489 e. The van der Waals surface area contributed by atoms with Crippen LogP contribution in [0.2, 0.25) is 0 Å². The quantitative estimate of drug-likeness (QED) is 0.492. The molecule has 0 saturated carbocycles. The molecule has 0 aliphatic heterocycles. The number of aromatic nitrogens is 1. The molecule has 0 aliphatic carbocycles. The van der Waals surface area contributed by atoms with E-state index in [2.05, 4.69) is 0 Å². The smallest absolute Gasteiger partial charge is 0.182 e. The lowest BCUT2D eigenvalue weighted by Gasteiger charge is -2.08. The zero-order valence-corrected chi connectivity index (χ0v) is 13.1. The van der Waals surface area contributed by atoms with Crippen LogP contribution in [0.1, 0.15) is 26.4 Å². The van der Waals surface area contributed by atoms with Gasteiger partial charge in [-0.05, 0) is 42.0 Å². The lowest BCUT2D eigenvalue weighted by Crippen LogP contribution is -2.11. The number of carbonyl (C=O) groups is 2. The Hall–Kier alpha value is -3.14. The number of nitrogens with zero attached hydrogens (tertiary/aromatic N) is 1. The van der Waals surface area contributed by atoms with Crippen molar-refractivity contribution in [2.24, 2.45) is 0 Å². The van der Waals surface area contributed by atoms with Gasteiger partial charge >= 0.3 is 0 Å². The molecule has 2 aromatic carbocycles. The molecule has 24 heavy (non-hydrogen) atoms. The average Bonchev–Trinajstić information content (AvgIpc) is 3.08. The Bertz CT molecular complexity index is 820. The molecule has 0 spiro atoms. The molecular formula is C20H17NO3. The third-order valence-corrected chi connectivity index (χ3v) is 3.72. The van der Waals surface area contributed by atoms with Crippen molar-refractivity contribution in [3.8, 4) is 5.75 Å². The van der Waals surface area contributed by atoms with Crippen molar-refractivity contribution in [3.05, 3.63) is 89.7 Å². The summed E-state index contributed by atoms with van der Waals surface area (Å²) in [5.41, 5.74) is 2.17. The predicted molar refractivity (Wildman–Crippen MR) is 91.4 cm³/mol. The van der Waals surface area contributed by atoms with Gasteiger partial charge in [0, 0.05) is 11.8 Å². The molecule has 3 aromatic rings. The fraction of sp³-hybridized carbons (Fsp3) is 0.100. The van der Waals surface area contributed by atoms with E-state index in [-0.39, 0.29) is 12.3 Å². The summed E-state index contributed by atoms with van der Waals surface area (Å²) in [6.07, 6.45) is 2.47. The van der Waals surface area contributed by atoms with E-state index in [0.29, 0.717) is 23.6 Å². The first-order valence-corrected chi connectivity index (χ1v) is 7.66. The van der Waals surface area contributed by atoms with E-state index >= 15 is 0 Å². The Labute approximate surface area is 140 Å². The lowest BCUT2D eigenvalue weighted by atomic mass is 10.1. The summed E-state index contributed by atoms with van der Waals surface area (Å²) in [6.45, 7) is 0.630. The fourth-order valence-electron chi connectivity index (χ4n) is 2.40. The van der Waals surface area contributed by atoms with E-state index in [0.717, 1.165) is 11.8 Å². The van der Waals surface area contributed by atoms with E-state index in [4.69, 9.17) is 4.74 Å². The number of hydrogen-bond acceptors (Lipinski definition) is 3. The zero-order chi connectivity index (χ0) is 16.8. The van der Waals surface area contributed by atoms with Crippen molar-refractivity contribution in [1.82, 2.24) is 4.57 Å². The van der Waals surface area contributed by atoms with Crippen LogP contribution < -0.4 is 4.74 Å². The number of carbonyl (C=O) groups excluding carboxylic acids is 2. The van der Waals surface area contributed by atoms with E-state index in [9.17, 15) is 9.59 Å². The van der Waals surface area contributed by atoms with Crippen LogP contribution in [0.5, 0.6) is 5.75 Å². The van der Waals surface area contributed by atoms with Gasteiger partial charge in [0.05, 0.1) is 12.2 Å². The van der Waals surface area contributed by atoms with Gasteiger partial charge in [-0.1, -0.05) is 30.3 Å². The molecule has 0 radical (unpaired) electrons. The standard InChI is InChI=1S/C20H17NO3/c22-14-18-7-4-12-21(18)13-20(23)17-8-10-19(11-9-17)24-15-16-5-2-1-3-6-16/h1-12,14H,13,15H2. The summed E-state index contributed by atoms with van der Waals surface area (Å²) in [7, 11) is 0. The Morgan fingerprint density at radius 3 is 2.42 bits per heavy atom. The molecule has 0 bridgehead atoms. The number of Topliss-reactive ketones (excluding diaryl/α,β-unsaturated/α-hetero) is 1. The Morgan fingerprint density at radius 1 is 0.958 bits per heavy atom. The van der Waals surface area contributed by atoms with Crippen LogP contribution in [-0.4, -0.2) is 16.6 Å². The van der Waals surface area contributed by atoms with Crippen molar-refractivity contribution >= 4 is 12.1 Å². The first kappa shape index (κ1) is 15.7. The van der Waals surface area contributed by atoms with Gasteiger partial charge in [0.2, 0.25) is 0 Å². The van der Waals surface area contributed by atoms with Crippen LogP contribution in [0, 0.1) is 0 Å². The first-order chi connectivity index (χ1) is 11.8. The highest BCUT2D eigenvalue weighted by atomic mass is 16.5. The van der Waals surface area contributed by atoms with Crippen LogP contribution >= 0.6 is 0 Å². The molecular weight excluding hydrogens is 302 g/mol. The summed E-state index contributed by atoms with van der Waals surface area (Å²) in [4.78, 5) is 23.2. The second-order valence-electron chi connectivity index (χ2n) is 5.40. The summed E-state index contributed by atoms with van der Waals surface area (Å²) in [5, 5.41) is 0. The summed E-state index contributed by atoms with van der Waals surface area (Å²) in [5.74, 6) is 0.661. The van der Waals surface area contributed by atoms with E-state index in [1.54, 1.807) is 47.2 Å². The highest BCUT2D eigenvalue weighted by molar-refractivity contribution is 5.96. The monoisotopic (exact) mass is 319 g/mol. The maximum absolute atomic E-state index is 12.3. The molecule has 0 fully saturated rings. The summed E-state index contributed by atoms with van der Waals surface area (Å²) in [6, 6.07) is 20.4. The number of rotatable bonds is 7. The van der Waals surface area contributed by atoms with Crippen LogP contribution in [0.3, 0.4) is 0 Å². The molecule has 4 heteroatoms. The predicted octanol–water partition coefficient (Wildman–Crippen LogP) is 3.76. The second kappa shape index (κ2) is 7.42. The van der Waals surface area contributed by atoms with E-state index in [1.165, 1.54) is 0 Å². The molecule has 3 rings (SSSR count). The number of hydrogen-bond donors (Lipinski definition) is 0. The molecule has 0 unspecified atom stereocenters. The van der Waals surface area contributed by atoms with Gasteiger partial charge in [-0.15, -0.1) is 0 Å². The molecule has 0 aliphatic rings. The molecule has 1 aromatic heterocycles. The van der Waals surface area contributed by atoms with Gasteiger partial charge in [0.1, 0.15) is 12.4 Å². The second-order valence-corrected chi connectivity index (χ2v) is 5.40. The van der Waals surface area contributed by atoms with Crippen molar-refractivity contribution in [3.63, 3.8) is 0 Å². The van der Waals surface area contributed by atoms with Crippen molar-refractivity contribution in [1.29, 1.82) is 0 Å². The molecule has 4 nitrogen and oxygen atoms in total. The van der Waals surface area contributed by atoms with Gasteiger partial charge < -0.3 is 9.30 Å². The molecule has 0 N–H and O–H groups in total. The zero-order valence-electron chi connectivity index (χ0n) is 13.1. The number of benzene rings is 2. The number of aldehydes is 1. The van der Waals surface area contributed by atoms with Crippen molar-refractivity contribution < 1.29 is 14.3 Å². The van der Waals surface area contributed by atoms with Gasteiger partial charge in [-0.25, -0.2) is 0 Å². The maximum atomic E-state index is 12.3. The molecule has 0 amide bonds.